The molecule has 0 saturated carbocycles. The van der Waals surface area contributed by atoms with Crippen LogP contribution in [-0.2, 0) is 0 Å². The lowest BCUT2D eigenvalue weighted by atomic mass is 10.1. The molecule has 1 aromatic carbocycles. The van der Waals surface area contributed by atoms with Crippen LogP contribution in [0.3, 0.4) is 0 Å². The van der Waals surface area contributed by atoms with Gasteiger partial charge < -0.3 is 10.2 Å². The second kappa shape index (κ2) is 6.62. The summed E-state index contributed by atoms with van der Waals surface area (Å²) in [4.78, 5) is 2.48. The van der Waals surface area contributed by atoms with Crippen LogP contribution >= 0.6 is 11.6 Å². The highest BCUT2D eigenvalue weighted by molar-refractivity contribution is 6.31. The van der Waals surface area contributed by atoms with Crippen molar-refractivity contribution < 1.29 is 0 Å². The maximum Gasteiger partial charge on any atom is 0.0455 e. The Kier molecular flexibility index (Phi) is 5.12. The first-order valence-electron chi connectivity index (χ1n) is 7.28. The van der Waals surface area contributed by atoms with Gasteiger partial charge in [-0.05, 0) is 56.0 Å². The van der Waals surface area contributed by atoms with E-state index in [2.05, 4.69) is 43.1 Å². The van der Waals surface area contributed by atoms with Crippen molar-refractivity contribution in [1.82, 2.24) is 5.32 Å². The molecule has 0 spiro atoms. The van der Waals surface area contributed by atoms with Crippen molar-refractivity contribution in [3.63, 3.8) is 0 Å². The van der Waals surface area contributed by atoms with Crippen molar-refractivity contribution in [3.05, 3.63) is 28.8 Å². The third-order valence-electron chi connectivity index (χ3n) is 3.85. The Hall–Kier alpha value is -0.730. The van der Waals surface area contributed by atoms with Gasteiger partial charge in [0.15, 0.2) is 0 Å². The lowest BCUT2D eigenvalue weighted by molar-refractivity contribution is 0.477. The molecule has 0 radical (unpaired) electrons. The molecule has 1 aliphatic rings. The zero-order valence-corrected chi connectivity index (χ0v) is 13.0. The third kappa shape index (κ3) is 3.87. The number of nitrogens with zero attached hydrogens (tertiary/aromatic N) is 1. The van der Waals surface area contributed by atoms with Crippen LogP contribution in [0.1, 0.15) is 25.8 Å². The van der Waals surface area contributed by atoms with Gasteiger partial charge in [-0.3, -0.25) is 0 Å². The summed E-state index contributed by atoms with van der Waals surface area (Å²) in [5.41, 5.74) is 2.51. The number of nitrogens with one attached hydrogen (secondary N) is 1. The minimum absolute atomic E-state index is 0.729. The average Bonchev–Trinajstić information content (AvgIpc) is 2.81. The molecule has 2 nitrogen and oxygen atoms in total. The van der Waals surface area contributed by atoms with Gasteiger partial charge in [0.2, 0.25) is 0 Å². The van der Waals surface area contributed by atoms with E-state index in [1.807, 2.05) is 6.07 Å². The molecule has 2 rings (SSSR count). The summed E-state index contributed by atoms with van der Waals surface area (Å²) in [7, 11) is 0. The van der Waals surface area contributed by atoms with Gasteiger partial charge in [-0.25, -0.2) is 0 Å². The molecule has 1 heterocycles. The normalized spacial score (nSPS) is 19.4. The zero-order chi connectivity index (χ0) is 13.8. The van der Waals surface area contributed by atoms with Crippen molar-refractivity contribution >= 4 is 17.3 Å². The van der Waals surface area contributed by atoms with Crippen LogP contribution in [0.2, 0.25) is 5.02 Å². The Bertz CT molecular complexity index is 417. The Morgan fingerprint density at radius 2 is 2.21 bits per heavy atom. The van der Waals surface area contributed by atoms with E-state index < -0.39 is 0 Å². The Morgan fingerprint density at radius 1 is 1.42 bits per heavy atom. The molecule has 3 heteroatoms. The first-order chi connectivity index (χ1) is 9.08. The van der Waals surface area contributed by atoms with Gasteiger partial charge in [0.25, 0.3) is 0 Å². The molecule has 1 unspecified atom stereocenters. The van der Waals surface area contributed by atoms with Crippen molar-refractivity contribution in [3.8, 4) is 0 Å². The molecule has 1 N–H and O–H groups in total. The van der Waals surface area contributed by atoms with Gasteiger partial charge in [0.05, 0.1) is 0 Å². The fourth-order valence-electron chi connectivity index (χ4n) is 2.73. The van der Waals surface area contributed by atoms with Crippen LogP contribution in [0.25, 0.3) is 0 Å². The standard InChI is InChI=1S/C16H25ClN2/c1-12(2)9-18-10-14-7-8-19(11-14)16-6-4-5-15(17)13(16)3/h4-6,12,14,18H,7-11H2,1-3H3. The van der Waals surface area contributed by atoms with Gasteiger partial charge >= 0.3 is 0 Å². The van der Waals surface area contributed by atoms with Crippen LogP contribution in [0.15, 0.2) is 18.2 Å². The first kappa shape index (κ1) is 14.7. The highest BCUT2D eigenvalue weighted by Crippen LogP contribution is 2.30. The summed E-state index contributed by atoms with van der Waals surface area (Å²) in [5, 5.41) is 4.45. The molecule has 1 saturated heterocycles. The number of benzene rings is 1. The van der Waals surface area contributed by atoms with Gasteiger partial charge in [-0.15, -0.1) is 0 Å². The van der Waals surface area contributed by atoms with E-state index in [1.165, 1.54) is 17.7 Å². The topological polar surface area (TPSA) is 15.3 Å². The van der Waals surface area contributed by atoms with Gasteiger partial charge in [0, 0.05) is 23.8 Å². The molecule has 1 aromatic rings. The Labute approximate surface area is 122 Å². The Morgan fingerprint density at radius 3 is 2.95 bits per heavy atom. The summed E-state index contributed by atoms with van der Waals surface area (Å²) >= 11 is 6.21. The number of rotatable bonds is 5. The molecule has 19 heavy (non-hydrogen) atoms. The molecule has 0 amide bonds. The quantitative estimate of drug-likeness (QED) is 0.884. The highest BCUT2D eigenvalue weighted by Gasteiger charge is 2.23. The second-order valence-corrected chi connectivity index (χ2v) is 6.44. The molecule has 1 fully saturated rings. The van der Waals surface area contributed by atoms with Crippen LogP contribution in [0.4, 0.5) is 5.69 Å². The fraction of sp³-hybridized carbons (Fsp3) is 0.625. The average molecular weight is 281 g/mol. The van der Waals surface area contributed by atoms with E-state index >= 15 is 0 Å². The summed E-state index contributed by atoms with van der Waals surface area (Å²) < 4.78 is 0. The molecule has 1 aliphatic heterocycles. The highest BCUT2D eigenvalue weighted by atomic mass is 35.5. The van der Waals surface area contributed by atoms with Gasteiger partial charge in [-0.1, -0.05) is 31.5 Å². The SMILES string of the molecule is Cc1c(Cl)cccc1N1CCC(CNCC(C)C)C1. The van der Waals surface area contributed by atoms with E-state index in [0.29, 0.717) is 0 Å². The fourth-order valence-corrected chi connectivity index (χ4v) is 2.90. The molecule has 1 atom stereocenters. The molecular formula is C16H25ClN2. The number of anilines is 1. The van der Waals surface area contributed by atoms with Crippen LogP contribution in [-0.4, -0.2) is 26.2 Å². The number of hydrogen-bond donors (Lipinski definition) is 1. The first-order valence-corrected chi connectivity index (χ1v) is 7.66. The van der Waals surface area contributed by atoms with E-state index in [4.69, 9.17) is 11.6 Å². The van der Waals surface area contributed by atoms with Crippen LogP contribution < -0.4 is 10.2 Å². The monoisotopic (exact) mass is 280 g/mol. The lowest BCUT2D eigenvalue weighted by Gasteiger charge is -2.21. The predicted molar refractivity (Wildman–Crippen MR) is 84.2 cm³/mol. The van der Waals surface area contributed by atoms with Crippen molar-refractivity contribution in [2.75, 3.05) is 31.1 Å². The molecular weight excluding hydrogens is 256 g/mol. The number of hydrogen-bond acceptors (Lipinski definition) is 2. The van der Waals surface area contributed by atoms with Crippen molar-refractivity contribution in [2.24, 2.45) is 11.8 Å². The van der Waals surface area contributed by atoms with E-state index in [0.717, 1.165) is 43.0 Å². The smallest absolute Gasteiger partial charge is 0.0455 e. The molecule has 106 valence electrons. The van der Waals surface area contributed by atoms with Crippen molar-refractivity contribution in [2.45, 2.75) is 27.2 Å². The van der Waals surface area contributed by atoms with Crippen LogP contribution in [0.5, 0.6) is 0 Å². The minimum Gasteiger partial charge on any atom is -0.371 e. The zero-order valence-electron chi connectivity index (χ0n) is 12.2. The maximum atomic E-state index is 6.21. The minimum atomic E-state index is 0.729. The molecule has 0 aromatic heterocycles. The summed E-state index contributed by atoms with van der Waals surface area (Å²) in [6, 6.07) is 6.21. The maximum absolute atomic E-state index is 6.21. The predicted octanol–water partition coefficient (Wildman–Crippen LogP) is 3.72. The molecule has 0 bridgehead atoms. The second-order valence-electron chi connectivity index (χ2n) is 6.04. The Balaban J connectivity index is 1.89. The lowest BCUT2D eigenvalue weighted by Crippen LogP contribution is -2.28. The molecule has 0 aliphatic carbocycles. The third-order valence-corrected chi connectivity index (χ3v) is 4.26. The van der Waals surface area contributed by atoms with Gasteiger partial charge in [0.1, 0.15) is 0 Å². The van der Waals surface area contributed by atoms with E-state index in [1.54, 1.807) is 0 Å². The summed E-state index contributed by atoms with van der Waals surface area (Å²) in [6.07, 6.45) is 1.27. The summed E-state index contributed by atoms with van der Waals surface area (Å²) in [6.45, 7) is 11.2. The number of halogens is 1. The van der Waals surface area contributed by atoms with Crippen molar-refractivity contribution in [1.29, 1.82) is 0 Å². The largest absolute Gasteiger partial charge is 0.371 e. The van der Waals surface area contributed by atoms with Gasteiger partial charge in [-0.2, -0.15) is 0 Å². The van der Waals surface area contributed by atoms with Crippen LogP contribution in [0, 0.1) is 18.8 Å². The van der Waals surface area contributed by atoms with E-state index in [9.17, 15) is 0 Å². The van der Waals surface area contributed by atoms with E-state index in [-0.39, 0.29) is 0 Å². The summed E-state index contributed by atoms with van der Waals surface area (Å²) in [5.74, 6) is 1.49.